The zero-order valence-corrected chi connectivity index (χ0v) is 25.3. The van der Waals surface area contributed by atoms with Crippen molar-refractivity contribution in [2.75, 3.05) is 0 Å². The van der Waals surface area contributed by atoms with E-state index in [1.165, 1.54) is 76.8 Å². The molecule has 0 unspecified atom stereocenters. The summed E-state index contributed by atoms with van der Waals surface area (Å²) in [5.41, 5.74) is 12.1. The first kappa shape index (κ1) is 27.4. The van der Waals surface area contributed by atoms with Gasteiger partial charge in [0.2, 0.25) is 0 Å². The summed E-state index contributed by atoms with van der Waals surface area (Å²) in [6.07, 6.45) is 5.91. The van der Waals surface area contributed by atoms with Crippen molar-refractivity contribution in [1.82, 2.24) is 0 Å². The van der Waals surface area contributed by atoms with Crippen molar-refractivity contribution >= 4 is 37.9 Å². The van der Waals surface area contributed by atoms with Crippen molar-refractivity contribution in [2.45, 2.75) is 13.8 Å². The van der Waals surface area contributed by atoms with Crippen molar-refractivity contribution in [1.29, 1.82) is 0 Å². The Bertz CT molecular complexity index is 2260. The van der Waals surface area contributed by atoms with E-state index in [1.807, 2.05) is 12.2 Å². The molecule has 0 radical (unpaired) electrons. The van der Waals surface area contributed by atoms with Gasteiger partial charge < -0.3 is 0 Å². The number of fused-ring (bicyclic) bond motifs is 3. The molecule has 0 amide bonds. The van der Waals surface area contributed by atoms with Crippen LogP contribution >= 0.6 is 0 Å². The maximum absolute atomic E-state index is 4.69. The second kappa shape index (κ2) is 11.3. The van der Waals surface area contributed by atoms with Crippen LogP contribution in [0.1, 0.15) is 16.7 Å². The predicted molar refractivity (Wildman–Crippen MR) is 193 cm³/mol. The average molecular weight is 563 g/mol. The van der Waals surface area contributed by atoms with Crippen molar-refractivity contribution in [3.8, 4) is 33.4 Å². The third-order valence-corrected chi connectivity index (χ3v) is 8.83. The van der Waals surface area contributed by atoms with E-state index in [1.54, 1.807) is 0 Å². The molecule has 0 heteroatoms. The highest BCUT2D eigenvalue weighted by Crippen LogP contribution is 2.53. The van der Waals surface area contributed by atoms with Crippen LogP contribution in [0.15, 0.2) is 159 Å². The highest BCUT2D eigenvalue weighted by atomic mass is 14.3. The van der Waals surface area contributed by atoms with E-state index < -0.39 is 0 Å². The Morgan fingerprint density at radius 1 is 0.500 bits per heavy atom. The van der Waals surface area contributed by atoms with E-state index in [9.17, 15) is 0 Å². The molecule has 7 rings (SSSR count). The first-order valence-corrected chi connectivity index (χ1v) is 15.2. The van der Waals surface area contributed by atoms with Crippen LogP contribution in [-0.4, -0.2) is 0 Å². The maximum atomic E-state index is 4.69. The number of hydrogen-bond acceptors (Lipinski definition) is 0. The Balaban J connectivity index is 1.90. The first-order chi connectivity index (χ1) is 21.6. The molecule has 0 nitrogen and oxygen atoms in total. The summed E-state index contributed by atoms with van der Waals surface area (Å²) in [5, 5.41) is 7.38. The molecule has 0 saturated carbocycles. The number of hydrogen-bond donors (Lipinski definition) is 0. The number of aryl methyl sites for hydroxylation is 2. The van der Waals surface area contributed by atoms with Gasteiger partial charge in [0.1, 0.15) is 0 Å². The van der Waals surface area contributed by atoms with Crippen LogP contribution in [-0.2, 0) is 0 Å². The summed E-state index contributed by atoms with van der Waals surface area (Å²) in [4.78, 5) is 0. The minimum Gasteiger partial charge on any atom is -0.0991 e. The SMILES string of the molecule is C=C/C=C\C(=C)c1c2ccccc2c(-c2ccccc2)c2c(-c3ccccc3C)c3ccccc3c(-c3ccccc3C)c12. The standard InChI is InChI=1S/C44H34/c1-5-6-18-31(4)39-35-25-14-15-26-36(35)40(32-21-8-7-9-22-32)44-42(34-24-13-11-20-30(34)3)38-28-17-16-27-37(38)41(43(39)44)33-23-12-10-19-29(33)2/h5-28H,1,4H2,2-3H3/b18-6-. The van der Waals surface area contributed by atoms with Crippen LogP contribution in [0.4, 0.5) is 0 Å². The Hall–Kier alpha value is -5.46. The van der Waals surface area contributed by atoms with E-state index in [0.29, 0.717) is 0 Å². The molecule has 0 aliphatic heterocycles. The molecule has 210 valence electrons. The van der Waals surface area contributed by atoms with Crippen molar-refractivity contribution in [2.24, 2.45) is 0 Å². The van der Waals surface area contributed by atoms with Gasteiger partial charge in [-0.05, 0) is 102 Å². The summed E-state index contributed by atoms with van der Waals surface area (Å²) in [6, 6.07) is 46.2. The lowest BCUT2D eigenvalue weighted by atomic mass is 9.77. The molecule has 0 N–H and O–H groups in total. The molecule has 7 aromatic carbocycles. The fourth-order valence-electron chi connectivity index (χ4n) is 6.90. The summed E-state index contributed by atoms with van der Waals surface area (Å²) in [5.74, 6) is 0. The zero-order chi connectivity index (χ0) is 30.2. The van der Waals surface area contributed by atoms with Crippen LogP contribution in [0, 0.1) is 13.8 Å². The molecule has 0 saturated heterocycles. The monoisotopic (exact) mass is 562 g/mol. The summed E-state index contributed by atoms with van der Waals surface area (Å²) < 4.78 is 0. The quantitative estimate of drug-likeness (QED) is 0.140. The topological polar surface area (TPSA) is 0 Å². The molecular formula is C44H34. The van der Waals surface area contributed by atoms with Gasteiger partial charge in [0.05, 0.1) is 0 Å². The summed E-state index contributed by atoms with van der Waals surface area (Å²) >= 11 is 0. The van der Waals surface area contributed by atoms with Crippen LogP contribution < -0.4 is 0 Å². The smallest absolute Gasteiger partial charge is 0.000129 e. The average Bonchev–Trinajstić information content (AvgIpc) is 3.06. The maximum Gasteiger partial charge on any atom is -0.000129 e. The van der Waals surface area contributed by atoms with E-state index in [4.69, 9.17) is 0 Å². The normalized spacial score (nSPS) is 11.5. The fourth-order valence-corrected chi connectivity index (χ4v) is 6.90. The van der Waals surface area contributed by atoms with Gasteiger partial charge >= 0.3 is 0 Å². The highest BCUT2D eigenvalue weighted by Gasteiger charge is 2.26. The number of allylic oxidation sites excluding steroid dienone is 4. The Morgan fingerprint density at radius 2 is 0.955 bits per heavy atom. The summed E-state index contributed by atoms with van der Waals surface area (Å²) in [6.45, 7) is 13.1. The Morgan fingerprint density at radius 3 is 1.50 bits per heavy atom. The van der Waals surface area contributed by atoms with Crippen LogP contribution in [0.5, 0.6) is 0 Å². The van der Waals surface area contributed by atoms with Gasteiger partial charge in [0.25, 0.3) is 0 Å². The highest BCUT2D eigenvalue weighted by molar-refractivity contribution is 6.32. The van der Waals surface area contributed by atoms with Crippen molar-refractivity contribution < 1.29 is 0 Å². The first-order valence-electron chi connectivity index (χ1n) is 15.2. The second-order valence-corrected chi connectivity index (χ2v) is 11.5. The van der Waals surface area contributed by atoms with Gasteiger partial charge in [-0.25, -0.2) is 0 Å². The molecule has 0 heterocycles. The molecule has 0 atom stereocenters. The van der Waals surface area contributed by atoms with E-state index >= 15 is 0 Å². The van der Waals surface area contributed by atoms with E-state index in [0.717, 1.165) is 11.1 Å². The predicted octanol–water partition coefficient (Wildman–Crippen LogP) is 12.5. The van der Waals surface area contributed by atoms with Crippen molar-refractivity contribution in [3.63, 3.8) is 0 Å². The zero-order valence-electron chi connectivity index (χ0n) is 25.3. The van der Waals surface area contributed by atoms with Gasteiger partial charge in [-0.15, -0.1) is 0 Å². The van der Waals surface area contributed by atoms with Gasteiger partial charge in [-0.1, -0.05) is 159 Å². The minimum absolute atomic E-state index is 0.964. The number of rotatable bonds is 6. The fraction of sp³-hybridized carbons (Fsp3) is 0.0455. The lowest BCUT2D eigenvalue weighted by Gasteiger charge is -2.26. The van der Waals surface area contributed by atoms with Crippen molar-refractivity contribution in [3.05, 3.63) is 175 Å². The van der Waals surface area contributed by atoms with Gasteiger partial charge in [0.15, 0.2) is 0 Å². The lowest BCUT2D eigenvalue weighted by Crippen LogP contribution is -2.00. The Labute approximate surface area is 259 Å². The molecule has 0 aliphatic rings. The Kier molecular flexibility index (Phi) is 7.04. The van der Waals surface area contributed by atoms with E-state index in [2.05, 4.69) is 160 Å². The lowest BCUT2D eigenvalue weighted by molar-refractivity contribution is 1.47. The van der Waals surface area contributed by atoms with Crippen LogP contribution in [0.2, 0.25) is 0 Å². The molecule has 0 spiro atoms. The minimum atomic E-state index is 0.964. The summed E-state index contributed by atoms with van der Waals surface area (Å²) in [7, 11) is 0. The number of benzene rings is 7. The second-order valence-electron chi connectivity index (χ2n) is 11.5. The largest absolute Gasteiger partial charge is 0.0991 e. The van der Waals surface area contributed by atoms with Gasteiger partial charge in [0, 0.05) is 0 Å². The third-order valence-electron chi connectivity index (χ3n) is 8.83. The third kappa shape index (κ3) is 4.39. The molecule has 44 heavy (non-hydrogen) atoms. The van der Waals surface area contributed by atoms with Crippen LogP contribution in [0.25, 0.3) is 71.3 Å². The molecular weight excluding hydrogens is 528 g/mol. The van der Waals surface area contributed by atoms with Gasteiger partial charge in [-0.2, -0.15) is 0 Å². The van der Waals surface area contributed by atoms with E-state index in [-0.39, 0.29) is 0 Å². The molecule has 0 fully saturated rings. The molecule has 7 aromatic rings. The molecule has 0 bridgehead atoms. The van der Waals surface area contributed by atoms with Gasteiger partial charge in [-0.3, -0.25) is 0 Å². The molecule has 0 aromatic heterocycles. The molecule has 0 aliphatic carbocycles. The van der Waals surface area contributed by atoms with Crippen LogP contribution in [0.3, 0.4) is 0 Å².